The van der Waals surface area contributed by atoms with Crippen LogP contribution in [0.5, 0.6) is 5.88 Å². The number of nitrogens with one attached hydrogen (secondary N) is 2. The number of anilines is 1. The summed E-state index contributed by atoms with van der Waals surface area (Å²) in [5, 5.41) is 5.50. The van der Waals surface area contributed by atoms with Gasteiger partial charge in [0.2, 0.25) is 11.8 Å². The molecule has 0 spiro atoms. The van der Waals surface area contributed by atoms with Gasteiger partial charge in [0.15, 0.2) is 11.6 Å². The van der Waals surface area contributed by atoms with Crippen LogP contribution in [-0.2, 0) is 11.3 Å². The number of aromatic nitrogens is 1. The Bertz CT molecular complexity index is 796. The number of ether oxygens (including phenoxy) is 1. The first-order valence-corrected chi connectivity index (χ1v) is 9.02. The lowest BCUT2D eigenvalue weighted by atomic mass is 9.98. The lowest BCUT2D eigenvalue weighted by Gasteiger charge is -2.43. The molecule has 2 N–H and O–H groups in total. The van der Waals surface area contributed by atoms with E-state index in [2.05, 4.69) is 15.6 Å². The lowest BCUT2D eigenvalue weighted by Crippen LogP contribution is -2.67. The van der Waals surface area contributed by atoms with Gasteiger partial charge < -0.3 is 20.3 Å². The molecule has 0 aliphatic carbocycles. The van der Waals surface area contributed by atoms with Crippen molar-refractivity contribution in [2.45, 2.75) is 43.2 Å². The van der Waals surface area contributed by atoms with Gasteiger partial charge in [0.05, 0.1) is 26.2 Å². The predicted molar refractivity (Wildman–Crippen MR) is 90.7 cm³/mol. The molecular weight excluding hydrogens is 425 g/mol. The van der Waals surface area contributed by atoms with Crippen LogP contribution in [0.2, 0.25) is 0 Å². The van der Waals surface area contributed by atoms with Gasteiger partial charge in [-0.1, -0.05) is 0 Å². The highest BCUT2D eigenvalue weighted by molar-refractivity contribution is 5.82. The second-order valence-electron chi connectivity index (χ2n) is 7.17. The van der Waals surface area contributed by atoms with Gasteiger partial charge in [-0.25, -0.2) is 4.39 Å². The van der Waals surface area contributed by atoms with E-state index < -0.39 is 48.5 Å². The molecule has 1 aromatic rings. The normalized spacial score (nSPS) is 24.5. The molecule has 0 unspecified atom stereocenters. The van der Waals surface area contributed by atoms with Crippen LogP contribution in [0.15, 0.2) is 6.07 Å². The van der Waals surface area contributed by atoms with Crippen LogP contribution in [-0.4, -0.2) is 61.4 Å². The maximum atomic E-state index is 14.5. The molecule has 2 fully saturated rings. The first-order chi connectivity index (χ1) is 13.9. The molecule has 2 aliphatic rings. The molecule has 3 rings (SSSR count). The zero-order valence-electron chi connectivity index (χ0n) is 15.8. The minimum absolute atomic E-state index is 0.0194. The molecule has 0 radical (unpaired) electrons. The van der Waals surface area contributed by atoms with Crippen LogP contribution in [0.1, 0.15) is 18.4 Å². The fourth-order valence-electron chi connectivity index (χ4n) is 3.39. The van der Waals surface area contributed by atoms with Crippen molar-refractivity contribution < 1.29 is 40.3 Å². The highest BCUT2D eigenvalue weighted by atomic mass is 19.3. The van der Waals surface area contributed by atoms with Crippen molar-refractivity contribution in [2.75, 3.05) is 31.6 Å². The van der Waals surface area contributed by atoms with E-state index in [-0.39, 0.29) is 28.8 Å². The Labute approximate surface area is 166 Å². The van der Waals surface area contributed by atoms with Crippen LogP contribution in [0.3, 0.4) is 0 Å². The van der Waals surface area contributed by atoms with Crippen molar-refractivity contribution in [3.05, 3.63) is 17.4 Å². The zero-order chi connectivity index (χ0) is 22.3. The molecule has 6 nitrogen and oxygen atoms in total. The van der Waals surface area contributed by atoms with E-state index >= 15 is 0 Å². The minimum Gasteiger partial charge on any atom is -0.481 e. The summed E-state index contributed by atoms with van der Waals surface area (Å²) in [6.07, 6.45) is 1.44. The lowest BCUT2D eigenvalue weighted by molar-refractivity contribution is -0.314. The highest BCUT2D eigenvalue weighted by Gasteiger charge is 2.75. The summed E-state index contributed by atoms with van der Waals surface area (Å²) in [5.41, 5.74) is 0.0194. The van der Waals surface area contributed by atoms with Gasteiger partial charge >= 0.3 is 17.8 Å². The van der Waals surface area contributed by atoms with Crippen molar-refractivity contribution in [3.63, 3.8) is 0 Å². The van der Waals surface area contributed by atoms with Crippen LogP contribution >= 0.6 is 0 Å². The summed E-state index contributed by atoms with van der Waals surface area (Å²) in [6, 6.07) is 0.361. The summed E-state index contributed by atoms with van der Waals surface area (Å²) in [5.74, 6) is -18.8. The molecule has 0 aromatic carbocycles. The highest BCUT2D eigenvalue weighted by Crippen LogP contribution is 2.50. The Balaban J connectivity index is 1.82. The quantitative estimate of drug-likeness (QED) is 0.683. The molecule has 30 heavy (non-hydrogen) atoms. The number of rotatable bonds is 5. The Morgan fingerprint density at radius 3 is 2.43 bits per heavy atom. The van der Waals surface area contributed by atoms with Crippen molar-refractivity contribution >= 4 is 11.7 Å². The molecule has 1 amide bonds. The van der Waals surface area contributed by atoms with Gasteiger partial charge in [0.1, 0.15) is 0 Å². The fourth-order valence-corrected chi connectivity index (χ4v) is 3.39. The summed E-state index contributed by atoms with van der Waals surface area (Å²) >= 11 is 0. The number of halogens is 7. The summed E-state index contributed by atoms with van der Waals surface area (Å²) in [7, 11) is 1.11. The minimum atomic E-state index is -5.59. The van der Waals surface area contributed by atoms with Gasteiger partial charge in [0, 0.05) is 12.1 Å². The molecule has 1 aromatic heterocycles. The van der Waals surface area contributed by atoms with Gasteiger partial charge in [0.25, 0.3) is 0 Å². The topological polar surface area (TPSA) is 66.5 Å². The second-order valence-corrected chi connectivity index (χ2v) is 7.17. The monoisotopic (exact) mass is 444 g/mol. The standard InChI is InChI=1S/C17H19F7N4O2/c1-30-14-9(6-26-13(29)11-3-2-4-25-11)5-10(18)12(27-14)28-7-15(19,20)17(23,24)16(21,22)8-28/h5,11,25H,2-4,6-8H2,1H3,(H,26,29)/t11-/m0/s1. The number of carbonyl (C=O) groups is 1. The largest absolute Gasteiger partial charge is 0.481 e. The van der Waals surface area contributed by atoms with E-state index in [9.17, 15) is 35.5 Å². The van der Waals surface area contributed by atoms with E-state index in [0.717, 1.165) is 19.6 Å². The Morgan fingerprint density at radius 1 is 1.27 bits per heavy atom. The van der Waals surface area contributed by atoms with E-state index in [4.69, 9.17) is 4.74 Å². The number of nitrogens with zero attached hydrogens (tertiary/aromatic N) is 2. The predicted octanol–water partition coefficient (Wildman–Crippen LogP) is 2.32. The molecule has 0 bridgehead atoms. The van der Waals surface area contributed by atoms with Gasteiger partial charge in [-0.3, -0.25) is 4.79 Å². The zero-order valence-corrected chi connectivity index (χ0v) is 15.8. The smallest absolute Gasteiger partial charge is 0.375 e. The number of hydrogen-bond acceptors (Lipinski definition) is 5. The first kappa shape index (κ1) is 22.4. The maximum absolute atomic E-state index is 14.5. The van der Waals surface area contributed by atoms with Crippen LogP contribution in [0, 0.1) is 5.82 Å². The fraction of sp³-hybridized carbons (Fsp3) is 0.647. The Hall–Kier alpha value is -2.31. The number of carbonyl (C=O) groups excluding carboxylic acids is 1. The van der Waals surface area contributed by atoms with E-state index in [1.165, 1.54) is 0 Å². The molecule has 2 saturated heterocycles. The van der Waals surface area contributed by atoms with E-state index in [0.29, 0.717) is 13.0 Å². The number of methoxy groups -OCH3 is 1. The average molecular weight is 444 g/mol. The van der Waals surface area contributed by atoms with Crippen molar-refractivity contribution in [2.24, 2.45) is 0 Å². The Kier molecular flexibility index (Phi) is 5.78. The Morgan fingerprint density at radius 2 is 1.90 bits per heavy atom. The molecule has 168 valence electrons. The third-order valence-corrected chi connectivity index (χ3v) is 5.02. The number of amides is 1. The van der Waals surface area contributed by atoms with Gasteiger partial charge in [-0.05, 0) is 25.5 Å². The number of alkyl halides is 6. The summed E-state index contributed by atoms with van der Waals surface area (Å²) in [4.78, 5) is 15.7. The van der Waals surface area contributed by atoms with Crippen LogP contribution in [0.25, 0.3) is 0 Å². The van der Waals surface area contributed by atoms with Gasteiger partial charge in [-0.15, -0.1) is 0 Å². The third kappa shape index (κ3) is 3.86. The second kappa shape index (κ2) is 7.75. The van der Waals surface area contributed by atoms with Crippen molar-refractivity contribution in [1.82, 2.24) is 15.6 Å². The van der Waals surface area contributed by atoms with Crippen LogP contribution in [0.4, 0.5) is 36.6 Å². The molecule has 13 heteroatoms. The molecule has 1 atom stereocenters. The number of pyridine rings is 1. The molecule has 0 saturated carbocycles. The van der Waals surface area contributed by atoms with Crippen molar-refractivity contribution in [1.29, 1.82) is 0 Å². The van der Waals surface area contributed by atoms with E-state index in [1.54, 1.807) is 0 Å². The SMILES string of the molecule is COc1nc(N2CC(F)(F)C(F)(F)C(F)(F)C2)c(F)cc1CNC(=O)[C@@H]1CCCN1. The number of hydrogen-bond donors (Lipinski definition) is 2. The van der Waals surface area contributed by atoms with Crippen LogP contribution < -0.4 is 20.3 Å². The molecular formula is C17H19F7N4O2. The number of piperidine rings is 1. The first-order valence-electron chi connectivity index (χ1n) is 9.02. The summed E-state index contributed by atoms with van der Waals surface area (Å²) < 4.78 is 101. The summed E-state index contributed by atoms with van der Waals surface area (Å²) in [6.45, 7) is -3.26. The maximum Gasteiger partial charge on any atom is 0.375 e. The third-order valence-electron chi connectivity index (χ3n) is 5.02. The van der Waals surface area contributed by atoms with Gasteiger partial charge in [-0.2, -0.15) is 31.3 Å². The molecule has 2 aliphatic heterocycles. The molecule has 3 heterocycles. The van der Waals surface area contributed by atoms with Crippen molar-refractivity contribution in [3.8, 4) is 5.88 Å². The average Bonchev–Trinajstić information content (AvgIpc) is 3.19. The van der Waals surface area contributed by atoms with E-state index in [1.807, 2.05) is 0 Å².